The van der Waals surface area contributed by atoms with Crippen LogP contribution in [-0.2, 0) is 46.2 Å². The average molecular weight is 1330 g/mol. The maximum absolute atomic E-state index is 18.7. The Kier molecular flexibility index (Phi) is 12.0. The Balaban J connectivity index is 0.761. The van der Waals surface area contributed by atoms with E-state index >= 15 is 19.5 Å². The predicted octanol–water partition coefficient (Wildman–Crippen LogP) is 12.4. The van der Waals surface area contributed by atoms with E-state index in [1.165, 1.54) is 36.8 Å². The molecule has 1 aromatic carbocycles. The molecule has 5 saturated heterocycles. The number of rotatable bonds is 9. The first-order valence-electron chi connectivity index (χ1n) is 40.1. The van der Waals surface area contributed by atoms with Crippen LogP contribution >= 0.6 is 0 Å². The van der Waals surface area contributed by atoms with Crippen molar-refractivity contribution in [1.29, 1.82) is 0 Å². The molecule has 2 aromatic rings. The van der Waals surface area contributed by atoms with E-state index in [2.05, 4.69) is 96.2 Å². The number of benzene rings is 1. The van der Waals surface area contributed by atoms with E-state index in [4.69, 9.17) is 18.6 Å². The van der Waals surface area contributed by atoms with Gasteiger partial charge in [-0.15, -0.1) is 0 Å². The third-order valence-corrected chi connectivity index (χ3v) is 36.1. The second-order valence-electron chi connectivity index (χ2n) is 37.8. The number of nitrogens with zero attached hydrogens (tertiary/aromatic N) is 1. The van der Waals surface area contributed by atoms with Crippen molar-refractivity contribution in [3.63, 3.8) is 0 Å². The Labute approximate surface area is 577 Å². The molecule has 0 unspecified atom stereocenters. The number of Topliss-reactive ketones (excluding diaryl/α,β-unsaturated/α-hetero) is 1. The summed E-state index contributed by atoms with van der Waals surface area (Å²) < 4.78 is 39.0. The number of cyclic esters (lactones) is 2. The van der Waals surface area contributed by atoms with Gasteiger partial charge in [-0.05, 0) is 233 Å². The van der Waals surface area contributed by atoms with Gasteiger partial charge in [0, 0.05) is 52.1 Å². The summed E-state index contributed by atoms with van der Waals surface area (Å²) in [5.41, 5.74) is -4.62. The van der Waals surface area contributed by atoms with Gasteiger partial charge in [0.25, 0.3) is 0 Å². The zero-order valence-corrected chi connectivity index (χ0v) is 57.4. The van der Waals surface area contributed by atoms with Crippen LogP contribution in [0.1, 0.15) is 178 Å². The zero-order valence-electron chi connectivity index (χ0n) is 57.4. The minimum atomic E-state index is -1.53. The number of aliphatic hydroxyl groups is 3. The van der Waals surface area contributed by atoms with Crippen molar-refractivity contribution in [2.24, 2.45) is 139 Å². The van der Waals surface area contributed by atoms with Crippen molar-refractivity contribution in [2.75, 3.05) is 26.4 Å². The van der Waals surface area contributed by atoms with E-state index in [0.717, 1.165) is 141 Å². The second kappa shape index (κ2) is 19.6. The molecule has 31 atom stereocenters. The van der Waals surface area contributed by atoms with Crippen LogP contribution in [0.4, 0.5) is 0 Å². The Bertz CT molecular complexity index is 3960. The number of epoxide rings is 1. The zero-order chi connectivity index (χ0) is 65.3. The number of hydrogen-bond acceptors (Lipinski definition) is 13. The van der Waals surface area contributed by atoms with Crippen molar-refractivity contribution in [1.82, 2.24) is 10.2 Å². The van der Waals surface area contributed by atoms with Crippen LogP contribution in [0.15, 0.2) is 107 Å². The minimum absolute atomic E-state index is 0.00979. The number of hydrogen-bond donors (Lipinski definition) is 4. The fourth-order valence-electron chi connectivity index (χ4n) is 34.0. The fourth-order valence-corrected chi connectivity index (χ4v) is 34.0. The van der Waals surface area contributed by atoms with Gasteiger partial charge in [0.2, 0.25) is 0 Å². The van der Waals surface area contributed by atoms with E-state index in [-0.39, 0.29) is 89.1 Å². The number of esters is 2. The number of carbonyl (C=O) groups excluding carboxylic acids is 3. The molecule has 0 amide bonds. The van der Waals surface area contributed by atoms with E-state index in [1.54, 1.807) is 11.8 Å². The second-order valence-corrected chi connectivity index (χ2v) is 37.8. The molecule has 13 heteroatoms. The molecule has 518 valence electrons. The molecule has 1 aromatic heterocycles. The number of carbonyl (C=O) groups is 3. The monoisotopic (exact) mass is 1330 g/mol. The molecule has 11 saturated carbocycles. The normalized spacial score (nSPS) is 54.4. The van der Waals surface area contributed by atoms with Gasteiger partial charge < -0.3 is 43.6 Å². The summed E-state index contributed by atoms with van der Waals surface area (Å²) in [4.78, 5) is 54.6. The van der Waals surface area contributed by atoms with Crippen LogP contribution in [-0.4, -0.2) is 106 Å². The lowest BCUT2D eigenvalue weighted by molar-refractivity contribution is -0.315. The summed E-state index contributed by atoms with van der Waals surface area (Å²) >= 11 is 0. The van der Waals surface area contributed by atoms with Gasteiger partial charge in [-0.3, -0.25) is 14.9 Å². The average Bonchev–Trinajstić information content (AvgIpc) is 1.40. The van der Waals surface area contributed by atoms with E-state index in [9.17, 15) is 14.9 Å². The van der Waals surface area contributed by atoms with Crippen molar-refractivity contribution in [3.8, 4) is 0 Å². The topological polar surface area (TPSA) is 181 Å². The van der Waals surface area contributed by atoms with Gasteiger partial charge in [0.15, 0.2) is 11.9 Å². The van der Waals surface area contributed by atoms with Crippen LogP contribution in [0.5, 0.6) is 0 Å². The first kappa shape index (κ1) is 59.9. The van der Waals surface area contributed by atoms with Crippen molar-refractivity contribution in [2.45, 2.75) is 215 Å². The third-order valence-electron chi connectivity index (χ3n) is 36.1. The molecule has 13 nitrogen and oxygen atoms in total. The molecular formula is C85H102N2O11. The lowest BCUT2D eigenvalue weighted by atomic mass is 9.28. The van der Waals surface area contributed by atoms with Gasteiger partial charge in [-0.2, -0.15) is 0 Å². The van der Waals surface area contributed by atoms with Gasteiger partial charge in [-0.25, -0.2) is 4.79 Å². The number of furan rings is 1. The van der Waals surface area contributed by atoms with Gasteiger partial charge in [0.1, 0.15) is 41.2 Å². The predicted molar refractivity (Wildman–Crippen MR) is 361 cm³/mol. The van der Waals surface area contributed by atoms with E-state index < -0.39 is 86.1 Å². The molecule has 8 bridgehead atoms. The number of fused-ring (bicyclic) bond motifs is 6. The van der Waals surface area contributed by atoms with Crippen molar-refractivity contribution < 1.29 is 53.1 Å². The standard InChI is InChI=1S/C85H102N2O11/c1-76-40-52-41-81-56-35-53(77(81)26-7-8-27-77)23-29-80(81)75(93)95-44-79-69(52)82(54-14-9-12-47(33-54)32-46-10-3-2-4-11-46,85(76)73(97-85)74(92)96-72(76)60-25-31-94-66(60)39-61(65(89)43-88)50-17-20-59-51(34-50)24-30-87-45-86-42-64(59)87)71(91)68(90)70(79)83-55-19-16-49-18-21-62-58-15-6-5-13-48(58)22-28-78(62,63(49)37-55)67(83)38-57(36-56)84(79,80)98-83/h2-4,10-11,18,22-25,28-31,38,47-48,50-56,58-59,61-65,67,69-73,86,88-89,91H,5-9,12-17,19-21,26-27,32-37,39-45H2,1H3/t47-,48+,50-,51-,52+,53+,54+,55+,56+,58+,59+,61+,62-,63-,64-,65-,67-,69-,70+,71-,72+,73-,76+,78-,79-,80-,81+,82+,83+,84-,85-/m1/s1. The van der Waals surface area contributed by atoms with Crippen molar-refractivity contribution in [3.05, 3.63) is 119 Å². The summed E-state index contributed by atoms with van der Waals surface area (Å²) in [6, 6.07) is 13.4. The molecular weight excluding hydrogens is 1220 g/mol. The number of ketones is 1. The summed E-state index contributed by atoms with van der Waals surface area (Å²) in [6.07, 6.45) is 41.8. The first-order valence-corrected chi connectivity index (χ1v) is 40.1. The Morgan fingerprint density at radius 3 is 2.59 bits per heavy atom. The number of ether oxygens (including phenoxy) is 4. The maximum atomic E-state index is 18.7. The van der Waals surface area contributed by atoms with Gasteiger partial charge in [0.05, 0.1) is 42.6 Å². The van der Waals surface area contributed by atoms with Crippen LogP contribution in [0.25, 0.3) is 0 Å². The summed E-state index contributed by atoms with van der Waals surface area (Å²) in [6.45, 7) is 3.87. The number of aliphatic hydroxyl groups excluding tert-OH is 3. The van der Waals surface area contributed by atoms with E-state index in [0.29, 0.717) is 60.2 Å². The molecule has 7 aliphatic heterocycles. The number of nitrogens with one attached hydrogen (secondary N) is 1. The molecule has 4 N–H and O–H groups in total. The summed E-state index contributed by atoms with van der Waals surface area (Å²) in [5.74, 6) is 1.27. The van der Waals surface area contributed by atoms with Gasteiger partial charge in [-0.1, -0.05) is 124 Å². The molecule has 14 aliphatic carbocycles. The third kappa shape index (κ3) is 6.29. The highest BCUT2D eigenvalue weighted by molar-refractivity contribution is 5.96. The largest absolute Gasteiger partial charge is 0.469 e. The quantitative estimate of drug-likeness (QED) is 0.106. The molecule has 8 spiro atoms. The highest BCUT2D eigenvalue weighted by Crippen LogP contribution is 2.96. The summed E-state index contributed by atoms with van der Waals surface area (Å²) in [5, 5.41) is 42.4. The van der Waals surface area contributed by atoms with Crippen LogP contribution < -0.4 is 5.32 Å². The highest BCUT2D eigenvalue weighted by atomic mass is 16.7. The lowest BCUT2D eigenvalue weighted by Gasteiger charge is -2.74. The minimum Gasteiger partial charge on any atom is -0.469 e. The number of allylic oxidation sites excluding steroid dienone is 6. The molecule has 98 heavy (non-hydrogen) atoms. The van der Waals surface area contributed by atoms with E-state index in [1.807, 2.05) is 6.07 Å². The fraction of sp³-hybridized carbons (Fsp3) is 0.729. The molecule has 8 heterocycles. The molecule has 21 aliphatic rings. The molecule has 0 radical (unpaired) electrons. The van der Waals surface area contributed by atoms with Crippen molar-refractivity contribution >= 4 is 17.7 Å². The first-order chi connectivity index (χ1) is 47.8. The van der Waals surface area contributed by atoms with Crippen LogP contribution in [0.2, 0.25) is 0 Å². The van der Waals surface area contributed by atoms with Gasteiger partial charge >= 0.3 is 11.9 Å². The maximum Gasteiger partial charge on any atom is 0.339 e. The summed E-state index contributed by atoms with van der Waals surface area (Å²) in [7, 11) is 0. The van der Waals surface area contributed by atoms with Crippen LogP contribution in [0, 0.1) is 139 Å². The lowest BCUT2D eigenvalue weighted by Crippen LogP contribution is -2.84. The molecule has 16 fully saturated rings. The Hall–Kier alpha value is -4.63. The SMILES string of the molecule is C[C@@]12C[C@H]3C[C@@]45[C@@H]6CC7=C[C@@H]8[C@]9%10C=C[C@@H]%11CCCC[C@@H]%11[C@H]9CC=C9CC[C@@H](C[C@H]9%10)[C@]89O[C@@]78[C@@]7(COC(=O)[C@@]84C=C[C@@H](C6)C54CCCC4)[C@@H]9C(=O)[C@@H](O)[C@]([C@H]4CCC[C@H](Cc5ccccc5)C4)([C@H]37)[C@]13O[C@@H]3C(=O)O[C@H]2c1ccoc1C[C@@H]([C@@H]1CC[C@H]2[C@H](C=CN3CNC[C@H]23)C1)[C@H](O)CO. The Morgan fingerprint density at radius 1 is 0.837 bits per heavy atom. The Morgan fingerprint density at radius 2 is 1.71 bits per heavy atom. The van der Waals surface area contributed by atoms with Crippen LogP contribution in [0.3, 0.4) is 0 Å². The smallest absolute Gasteiger partial charge is 0.339 e. The highest BCUT2D eigenvalue weighted by Gasteiger charge is 3.03. The molecule has 23 rings (SSSR count).